The number of pyridine rings is 1. The van der Waals surface area contributed by atoms with Crippen molar-refractivity contribution >= 4 is 14.3 Å². The van der Waals surface area contributed by atoms with E-state index in [9.17, 15) is 9.18 Å². The molecule has 1 saturated heterocycles. The Kier molecular flexibility index (Phi) is 8.25. The molecule has 2 aromatic heterocycles. The van der Waals surface area contributed by atoms with Crippen molar-refractivity contribution in [2.24, 2.45) is 0 Å². The second-order valence-electron chi connectivity index (χ2n) is 11.1. The lowest BCUT2D eigenvalue weighted by molar-refractivity contribution is 0.0903. The number of hydrogen-bond donors (Lipinski definition) is 1. The third-order valence-electron chi connectivity index (χ3n) is 7.43. The normalized spacial score (nSPS) is 15.9. The number of hydrogen-bond acceptors (Lipinski definition) is 6. The third-order valence-corrected chi connectivity index (χ3v) is 11.9. The maximum Gasteiger partial charge on any atom is 0.251 e. The number of nitrogens with zero attached hydrogens (tertiary/aromatic N) is 3. The van der Waals surface area contributed by atoms with Gasteiger partial charge in [-0.05, 0) is 60.8 Å². The Morgan fingerprint density at radius 3 is 2.62 bits per heavy atom. The number of ether oxygens (including phenoxy) is 1. The minimum Gasteiger partial charge on any atom is -0.414 e. The molecule has 1 aliphatic heterocycles. The summed E-state index contributed by atoms with van der Waals surface area (Å²) in [5, 5.41) is 3.38. The van der Waals surface area contributed by atoms with Crippen molar-refractivity contribution in [3.8, 4) is 11.3 Å². The molecule has 0 amide bonds. The Morgan fingerprint density at radius 1 is 1.19 bits per heavy atom. The van der Waals surface area contributed by atoms with Crippen LogP contribution < -0.4 is 10.9 Å². The van der Waals surface area contributed by atoms with Crippen molar-refractivity contribution in [1.82, 2.24) is 14.5 Å². The van der Waals surface area contributed by atoms with Crippen molar-refractivity contribution in [2.45, 2.75) is 63.8 Å². The number of aromatic nitrogens is 3. The fourth-order valence-corrected chi connectivity index (χ4v) is 5.08. The minimum absolute atomic E-state index is 0.0116. The molecular weight excluding hydrogens is 487 g/mol. The molecule has 0 aliphatic carbocycles. The van der Waals surface area contributed by atoms with Gasteiger partial charge in [-0.15, -0.1) is 0 Å². The highest BCUT2D eigenvalue weighted by Crippen LogP contribution is 2.37. The van der Waals surface area contributed by atoms with Gasteiger partial charge in [0.2, 0.25) is 5.95 Å². The van der Waals surface area contributed by atoms with Gasteiger partial charge >= 0.3 is 0 Å². The van der Waals surface area contributed by atoms with Crippen LogP contribution >= 0.6 is 0 Å². The standard InChI is InChI=1S/C28H37FN4O3Si/c1-28(2,3)37(4,5)36-19-25(21-7-6-8-22(29)17-21)33-14-10-20(18-26(33)34)24-9-13-30-27(32-24)31-23-11-15-35-16-12-23/h6-10,13-14,17-18,23,25H,11-12,15-16,19H2,1-5H3,(H,30,31,32)/t25-/m1/s1. The van der Waals surface area contributed by atoms with E-state index >= 15 is 0 Å². The topological polar surface area (TPSA) is 78.3 Å². The fraction of sp³-hybridized carbons (Fsp3) is 0.464. The van der Waals surface area contributed by atoms with Crippen LogP contribution in [0.1, 0.15) is 45.2 Å². The van der Waals surface area contributed by atoms with Crippen LogP contribution in [0.4, 0.5) is 10.3 Å². The maximum absolute atomic E-state index is 14.2. The molecule has 0 bridgehead atoms. The van der Waals surface area contributed by atoms with Crippen LogP contribution in [0.3, 0.4) is 0 Å². The van der Waals surface area contributed by atoms with Crippen molar-refractivity contribution in [2.75, 3.05) is 25.1 Å². The van der Waals surface area contributed by atoms with E-state index in [4.69, 9.17) is 9.16 Å². The highest BCUT2D eigenvalue weighted by Gasteiger charge is 2.38. The average molecular weight is 525 g/mol. The molecule has 9 heteroatoms. The minimum atomic E-state index is -2.09. The molecule has 198 valence electrons. The van der Waals surface area contributed by atoms with Crippen molar-refractivity contribution in [1.29, 1.82) is 0 Å². The van der Waals surface area contributed by atoms with E-state index in [1.807, 2.05) is 12.1 Å². The van der Waals surface area contributed by atoms with Crippen LogP contribution in [0.5, 0.6) is 0 Å². The summed E-state index contributed by atoms with van der Waals surface area (Å²) in [5.41, 5.74) is 1.84. The molecule has 1 N–H and O–H groups in total. The summed E-state index contributed by atoms with van der Waals surface area (Å²) in [6, 6.07) is 11.4. The summed E-state index contributed by atoms with van der Waals surface area (Å²) >= 11 is 0. The number of anilines is 1. The van der Waals surface area contributed by atoms with Gasteiger partial charge in [0.1, 0.15) is 5.82 Å². The molecule has 0 saturated carbocycles. The highest BCUT2D eigenvalue weighted by molar-refractivity contribution is 6.74. The molecular formula is C28H37FN4O3Si. The number of rotatable bonds is 8. The van der Waals surface area contributed by atoms with Crippen LogP contribution in [0.25, 0.3) is 11.3 Å². The van der Waals surface area contributed by atoms with Gasteiger partial charge in [-0.25, -0.2) is 14.4 Å². The zero-order valence-electron chi connectivity index (χ0n) is 22.3. The first-order chi connectivity index (χ1) is 17.5. The molecule has 0 unspecified atom stereocenters. The SMILES string of the molecule is CC(C)(C)[Si](C)(C)OC[C@H](c1cccc(F)c1)n1ccc(-c2ccnc(NC3CCOCC3)n2)cc1=O. The highest BCUT2D eigenvalue weighted by atomic mass is 28.4. The van der Waals surface area contributed by atoms with Crippen LogP contribution in [0.2, 0.25) is 18.1 Å². The molecule has 37 heavy (non-hydrogen) atoms. The van der Waals surface area contributed by atoms with E-state index in [1.165, 1.54) is 12.1 Å². The number of nitrogens with one attached hydrogen (secondary N) is 1. The van der Waals surface area contributed by atoms with Gasteiger partial charge in [0.15, 0.2) is 8.32 Å². The number of halogens is 1. The lowest BCUT2D eigenvalue weighted by Crippen LogP contribution is -2.43. The van der Waals surface area contributed by atoms with Gasteiger partial charge in [-0.1, -0.05) is 32.9 Å². The molecule has 0 radical (unpaired) electrons. The molecule has 1 aromatic carbocycles. The van der Waals surface area contributed by atoms with Crippen molar-refractivity contribution in [3.63, 3.8) is 0 Å². The van der Waals surface area contributed by atoms with Crippen molar-refractivity contribution in [3.05, 3.63) is 76.6 Å². The Labute approximate surface area is 219 Å². The lowest BCUT2D eigenvalue weighted by Gasteiger charge is -2.37. The van der Waals surface area contributed by atoms with Gasteiger partial charge in [-0.2, -0.15) is 0 Å². The average Bonchev–Trinajstić information content (AvgIpc) is 2.85. The largest absolute Gasteiger partial charge is 0.414 e. The number of benzene rings is 1. The summed E-state index contributed by atoms with van der Waals surface area (Å²) < 4.78 is 27.7. The lowest BCUT2D eigenvalue weighted by atomic mass is 10.1. The van der Waals surface area contributed by atoms with Crippen LogP contribution in [0.15, 0.2) is 59.7 Å². The van der Waals surface area contributed by atoms with E-state index in [-0.39, 0.29) is 29.1 Å². The predicted octanol–water partition coefficient (Wildman–Crippen LogP) is 5.65. The Bertz CT molecular complexity index is 1270. The fourth-order valence-electron chi connectivity index (χ4n) is 4.07. The zero-order valence-corrected chi connectivity index (χ0v) is 23.3. The molecule has 1 atom stereocenters. The van der Waals surface area contributed by atoms with E-state index in [0.717, 1.165) is 26.1 Å². The van der Waals surface area contributed by atoms with E-state index in [2.05, 4.69) is 49.1 Å². The van der Waals surface area contributed by atoms with Gasteiger partial charge in [0, 0.05) is 43.3 Å². The molecule has 1 fully saturated rings. The van der Waals surface area contributed by atoms with Gasteiger partial charge in [0.05, 0.1) is 18.3 Å². The summed E-state index contributed by atoms with van der Waals surface area (Å²) in [4.78, 5) is 22.4. The molecule has 7 nitrogen and oxygen atoms in total. The Morgan fingerprint density at radius 2 is 1.95 bits per heavy atom. The van der Waals surface area contributed by atoms with E-state index in [0.29, 0.717) is 22.8 Å². The Balaban J connectivity index is 1.61. The summed E-state index contributed by atoms with van der Waals surface area (Å²) in [6.45, 7) is 12.6. The summed E-state index contributed by atoms with van der Waals surface area (Å²) in [7, 11) is -2.09. The monoisotopic (exact) mass is 524 g/mol. The molecule has 3 aromatic rings. The Hall–Kier alpha value is -2.88. The predicted molar refractivity (Wildman–Crippen MR) is 147 cm³/mol. The van der Waals surface area contributed by atoms with Gasteiger partial charge in [-0.3, -0.25) is 4.79 Å². The van der Waals surface area contributed by atoms with Crippen molar-refractivity contribution < 1.29 is 13.6 Å². The summed E-state index contributed by atoms with van der Waals surface area (Å²) in [6.07, 6.45) is 5.25. The molecule has 1 aliphatic rings. The molecule has 3 heterocycles. The first-order valence-corrected chi connectivity index (χ1v) is 15.7. The quantitative estimate of drug-likeness (QED) is 0.384. The summed E-state index contributed by atoms with van der Waals surface area (Å²) in [5.74, 6) is 0.194. The second-order valence-corrected chi connectivity index (χ2v) is 15.9. The first-order valence-electron chi connectivity index (χ1n) is 12.8. The zero-order chi connectivity index (χ0) is 26.6. The first kappa shape index (κ1) is 27.2. The maximum atomic E-state index is 14.2. The van der Waals surface area contributed by atoms with Crippen LogP contribution in [-0.2, 0) is 9.16 Å². The van der Waals surface area contributed by atoms with E-state index < -0.39 is 14.4 Å². The second kappa shape index (κ2) is 11.2. The smallest absolute Gasteiger partial charge is 0.251 e. The van der Waals surface area contributed by atoms with Crippen LogP contribution in [-0.4, -0.2) is 48.7 Å². The van der Waals surface area contributed by atoms with Gasteiger partial charge in [0.25, 0.3) is 5.56 Å². The van der Waals surface area contributed by atoms with E-state index in [1.54, 1.807) is 35.2 Å². The van der Waals surface area contributed by atoms with Gasteiger partial charge < -0.3 is 19.0 Å². The molecule has 0 spiro atoms. The molecule has 4 rings (SSSR count). The van der Waals surface area contributed by atoms with Crippen LogP contribution in [0, 0.1) is 5.82 Å². The third kappa shape index (κ3) is 6.71.